The van der Waals surface area contributed by atoms with E-state index >= 15 is 0 Å². The number of nitriles is 1. The molecule has 1 aromatic carbocycles. The van der Waals surface area contributed by atoms with E-state index in [1.54, 1.807) is 0 Å². The van der Waals surface area contributed by atoms with Crippen LogP contribution in [0.2, 0.25) is 0 Å². The van der Waals surface area contributed by atoms with E-state index in [2.05, 4.69) is 25.1 Å². The summed E-state index contributed by atoms with van der Waals surface area (Å²) in [6.45, 7) is 3.53. The van der Waals surface area contributed by atoms with Crippen molar-refractivity contribution in [3.05, 3.63) is 35.9 Å². The number of unbranched alkanes of at least 4 members (excludes halogenated alkanes) is 10. The van der Waals surface area contributed by atoms with Crippen molar-refractivity contribution in [1.29, 1.82) is 5.26 Å². The lowest BCUT2D eigenvalue weighted by Crippen LogP contribution is -2.33. The van der Waals surface area contributed by atoms with E-state index in [9.17, 15) is 4.79 Å². The molecule has 0 spiro atoms. The zero-order valence-corrected chi connectivity index (χ0v) is 18.0. The van der Waals surface area contributed by atoms with E-state index in [1.165, 1.54) is 63.4 Å². The van der Waals surface area contributed by atoms with Gasteiger partial charge in [-0.1, -0.05) is 101 Å². The Hall–Kier alpha value is -1.82. The molecule has 0 unspecified atom stereocenters. The summed E-state index contributed by atoms with van der Waals surface area (Å²) >= 11 is 0. The molecule has 0 heterocycles. The summed E-state index contributed by atoms with van der Waals surface area (Å²) in [6.07, 6.45) is 16.1. The molecule has 0 saturated carbocycles. The molecule has 0 radical (unpaired) electrons. The summed E-state index contributed by atoms with van der Waals surface area (Å²) in [6, 6.07) is 12.4. The molecule has 0 fully saturated rings. The topological polar surface area (TPSA) is 44.1 Å². The third-order valence-electron chi connectivity index (χ3n) is 5.35. The van der Waals surface area contributed by atoms with Crippen LogP contribution in [0.4, 0.5) is 0 Å². The van der Waals surface area contributed by atoms with Crippen LogP contribution in [0, 0.1) is 11.3 Å². The Balaban J connectivity index is 2.12. The fourth-order valence-corrected chi connectivity index (χ4v) is 3.55. The second kappa shape index (κ2) is 17.3. The van der Waals surface area contributed by atoms with Crippen molar-refractivity contribution in [3.63, 3.8) is 0 Å². The molecule has 1 aromatic rings. The standard InChI is InChI=1S/C25H40N2O/c1-2-3-4-5-6-7-8-9-10-11-15-19-25(28)27(22-16-21-26)23-20-24-17-13-12-14-18-24/h12-14,17-18H,2-11,15-16,19-20,22-23H2,1H3. The molecule has 0 atom stereocenters. The number of carbonyl (C=O) groups excluding carboxylic acids is 1. The molecule has 0 saturated heterocycles. The van der Waals surface area contributed by atoms with Gasteiger partial charge in [0.2, 0.25) is 5.91 Å². The van der Waals surface area contributed by atoms with Crippen LogP contribution < -0.4 is 0 Å². The van der Waals surface area contributed by atoms with Crippen molar-refractivity contribution in [1.82, 2.24) is 4.90 Å². The predicted molar refractivity (Wildman–Crippen MR) is 118 cm³/mol. The zero-order chi connectivity index (χ0) is 20.3. The van der Waals surface area contributed by atoms with Crippen LogP contribution in [-0.4, -0.2) is 23.9 Å². The van der Waals surface area contributed by atoms with Crippen LogP contribution in [-0.2, 0) is 11.2 Å². The summed E-state index contributed by atoms with van der Waals surface area (Å²) < 4.78 is 0. The molecule has 3 nitrogen and oxygen atoms in total. The molecule has 0 N–H and O–H groups in total. The summed E-state index contributed by atoms with van der Waals surface area (Å²) in [5.41, 5.74) is 1.24. The minimum atomic E-state index is 0.210. The lowest BCUT2D eigenvalue weighted by atomic mass is 10.0. The van der Waals surface area contributed by atoms with E-state index in [0.717, 1.165) is 19.3 Å². The van der Waals surface area contributed by atoms with Gasteiger partial charge < -0.3 is 4.90 Å². The summed E-state index contributed by atoms with van der Waals surface area (Å²) in [4.78, 5) is 14.4. The number of carbonyl (C=O) groups is 1. The first-order valence-corrected chi connectivity index (χ1v) is 11.5. The lowest BCUT2D eigenvalue weighted by molar-refractivity contribution is -0.131. The van der Waals surface area contributed by atoms with Gasteiger partial charge in [0.15, 0.2) is 0 Å². The first-order chi connectivity index (χ1) is 13.8. The van der Waals surface area contributed by atoms with Gasteiger partial charge in [-0.3, -0.25) is 4.79 Å². The van der Waals surface area contributed by atoms with Crippen molar-refractivity contribution in [2.75, 3.05) is 13.1 Å². The summed E-state index contributed by atoms with van der Waals surface area (Å²) in [7, 11) is 0. The van der Waals surface area contributed by atoms with E-state index in [1.807, 2.05) is 23.1 Å². The smallest absolute Gasteiger partial charge is 0.222 e. The first-order valence-electron chi connectivity index (χ1n) is 11.5. The second-order valence-electron chi connectivity index (χ2n) is 7.81. The molecule has 1 amide bonds. The highest BCUT2D eigenvalue weighted by molar-refractivity contribution is 5.76. The van der Waals surface area contributed by atoms with Gasteiger partial charge in [-0.15, -0.1) is 0 Å². The van der Waals surface area contributed by atoms with Crippen LogP contribution in [0.5, 0.6) is 0 Å². The molecule has 28 heavy (non-hydrogen) atoms. The van der Waals surface area contributed by atoms with Gasteiger partial charge in [0.25, 0.3) is 0 Å². The minimum Gasteiger partial charge on any atom is -0.341 e. The summed E-state index contributed by atoms with van der Waals surface area (Å²) in [5.74, 6) is 0.210. The van der Waals surface area contributed by atoms with Crippen LogP contribution in [0.25, 0.3) is 0 Å². The largest absolute Gasteiger partial charge is 0.341 e. The Morgan fingerprint density at radius 3 is 2.00 bits per heavy atom. The monoisotopic (exact) mass is 384 g/mol. The Bertz CT molecular complexity index is 535. The quantitative estimate of drug-likeness (QED) is 0.281. The third-order valence-corrected chi connectivity index (χ3v) is 5.35. The van der Waals surface area contributed by atoms with Gasteiger partial charge in [-0.05, 0) is 18.4 Å². The van der Waals surface area contributed by atoms with E-state index in [0.29, 0.717) is 25.9 Å². The molecular formula is C25H40N2O. The molecular weight excluding hydrogens is 344 g/mol. The molecule has 0 bridgehead atoms. The van der Waals surface area contributed by atoms with Crippen LogP contribution >= 0.6 is 0 Å². The highest BCUT2D eigenvalue weighted by Gasteiger charge is 2.12. The maximum absolute atomic E-state index is 12.5. The van der Waals surface area contributed by atoms with Crippen molar-refractivity contribution >= 4 is 5.91 Å². The number of benzene rings is 1. The molecule has 0 aliphatic heterocycles. The Morgan fingerprint density at radius 2 is 1.43 bits per heavy atom. The van der Waals surface area contributed by atoms with Crippen LogP contribution in [0.3, 0.4) is 0 Å². The Morgan fingerprint density at radius 1 is 0.857 bits per heavy atom. The van der Waals surface area contributed by atoms with Crippen molar-refractivity contribution in [3.8, 4) is 6.07 Å². The Labute approximate surface area is 173 Å². The molecule has 0 aromatic heterocycles. The van der Waals surface area contributed by atoms with Crippen LogP contribution in [0.15, 0.2) is 30.3 Å². The number of nitrogens with zero attached hydrogens (tertiary/aromatic N) is 2. The van der Waals surface area contributed by atoms with Gasteiger partial charge in [-0.2, -0.15) is 5.26 Å². The number of amides is 1. The summed E-state index contributed by atoms with van der Waals surface area (Å²) in [5, 5.41) is 8.87. The number of rotatable bonds is 17. The third kappa shape index (κ3) is 12.5. The molecule has 156 valence electrons. The first kappa shape index (κ1) is 24.2. The SMILES string of the molecule is CCCCCCCCCCCCCC(=O)N(CCC#N)CCc1ccccc1. The maximum atomic E-state index is 12.5. The van der Waals surface area contributed by atoms with E-state index < -0.39 is 0 Å². The highest BCUT2D eigenvalue weighted by atomic mass is 16.2. The zero-order valence-electron chi connectivity index (χ0n) is 18.0. The Kier molecular flexibility index (Phi) is 15.0. The maximum Gasteiger partial charge on any atom is 0.222 e. The van der Waals surface area contributed by atoms with Gasteiger partial charge in [0, 0.05) is 19.5 Å². The predicted octanol–water partition coefficient (Wildman–Crippen LogP) is 6.67. The molecule has 1 rings (SSSR count). The minimum absolute atomic E-state index is 0.210. The number of hydrogen-bond acceptors (Lipinski definition) is 2. The molecule has 0 aliphatic rings. The second-order valence-corrected chi connectivity index (χ2v) is 7.81. The van der Waals surface area contributed by atoms with E-state index in [4.69, 9.17) is 5.26 Å². The van der Waals surface area contributed by atoms with Crippen molar-refractivity contribution in [2.45, 2.75) is 96.8 Å². The fourth-order valence-electron chi connectivity index (χ4n) is 3.55. The van der Waals surface area contributed by atoms with Gasteiger partial charge >= 0.3 is 0 Å². The van der Waals surface area contributed by atoms with Gasteiger partial charge in [0.05, 0.1) is 12.5 Å². The fraction of sp³-hybridized carbons (Fsp3) is 0.680. The van der Waals surface area contributed by atoms with Crippen LogP contribution in [0.1, 0.15) is 96.0 Å². The highest BCUT2D eigenvalue weighted by Crippen LogP contribution is 2.13. The van der Waals surface area contributed by atoms with Gasteiger partial charge in [-0.25, -0.2) is 0 Å². The molecule has 3 heteroatoms. The van der Waals surface area contributed by atoms with Crippen molar-refractivity contribution < 1.29 is 4.79 Å². The average Bonchev–Trinajstić information content (AvgIpc) is 2.72. The van der Waals surface area contributed by atoms with E-state index in [-0.39, 0.29) is 5.91 Å². The lowest BCUT2D eigenvalue weighted by Gasteiger charge is -2.21. The average molecular weight is 385 g/mol. The number of hydrogen-bond donors (Lipinski definition) is 0. The van der Waals surface area contributed by atoms with Crippen molar-refractivity contribution in [2.24, 2.45) is 0 Å². The normalized spacial score (nSPS) is 10.6. The molecule has 0 aliphatic carbocycles. The van der Waals surface area contributed by atoms with Gasteiger partial charge in [0.1, 0.15) is 0 Å².